The number of carbonyl (C=O) groups excluding carboxylic acids is 1. The van der Waals surface area contributed by atoms with Gasteiger partial charge in [-0.15, -0.1) is 0 Å². The number of nitrogens with zero attached hydrogens (tertiary/aromatic N) is 1. The molecule has 0 radical (unpaired) electrons. The van der Waals surface area contributed by atoms with Crippen LogP contribution in [0.2, 0.25) is 0 Å². The van der Waals surface area contributed by atoms with Crippen molar-refractivity contribution in [1.29, 1.82) is 0 Å². The number of hydrogen-bond donors (Lipinski definition) is 2. The second-order valence-electron chi connectivity index (χ2n) is 4.61. The van der Waals surface area contributed by atoms with Crippen LogP contribution in [0.3, 0.4) is 0 Å². The molecule has 1 amide bonds. The standard InChI is InChI=1S/C15H25N3O/c1-3-11-18(4-2)12-10-17-15(19)14(16)13-8-6-5-7-9-13/h5-9,14H,3-4,10-12,16H2,1-2H3,(H,17,19)/t14-/m1/s1. The van der Waals surface area contributed by atoms with Gasteiger partial charge in [-0.05, 0) is 25.1 Å². The Morgan fingerprint density at radius 1 is 1.26 bits per heavy atom. The average Bonchev–Trinajstić information content (AvgIpc) is 2.46. The van der Waals surface area contributed by atoms with Crippen LogP contribution in [0.15, 0.2) is 30.3 Å². The lowest BCUT2D eigenvalue weighted by molar-refractivity contribution is -0.122. The lowest BCUT2D eigenvalue weighted by Gasteiger charge is -2.20. The predicted octanol–water partition coefficient (Wildman–Crippen LogP) is 1.53. The summed E-state index contributed by atoms with van der Waals surface area (Å²) in [5.74, 6) is -0.112. The fraction of sp³-hybridized carbons (Fsp3) is 0.533. The summed E-state index contributed by atoms with van der Waals surface area (Å²) in [7, 11) is 0. The van der Waals surface area contributed by atoms with Gasteiger partial charge >= 0.3 is 0 Å². The molecule has 0 saturated carbocycles. The molecular weight excluding hydrogens is 238 g/mol. The molecule has 0 aliphatic carbocycles. The Labute approximate surface area is 116 Å². The molecule has 1 aromatic rings. The largest absolute Gasteiger partial charge is 0.353 e. The van der Waals surface area contributed by atoms with Gasteiger partial charge in [0.1, 0.15) is 6.04 Å². The van der Waals surface area contributed by atoms with Crippen LogP contribution in [0.4, 0.5) is 0 Å². The van der Waals surface area contributed by atoms with Crippen molar-refractivity contribution in [3.8, 4) is 0 Å². The van der Waals surface area contributed by atoms with Gasteiger partial charge in [0.05, 0.1) is 0 Å². The van der Waals surface area contributed by atoms with Crippen molar-refractivity contribution >= 4 is 5.91 Å². The Morgan fingerprint density at radius 3 is 2.53 bits per heavy atom. The number of hydrogen-bond acceptors (Lipinski definition) is 3. The first kappa shape index (κ1) is 15.7. The number of amides is 1. The number of rotatable bonds is 8. The topological polar surface area (TPSA) is 58.4 Å². The van der Waals surface area contributed by atoms with Crippen LogP contribution in [0.5, 0.6) is 0 Å². The molecule has 0 saturated heterocycles. The molecule has 0 aromatic heterocycles. The van der Waals surface area contributed by atoms with E-state index in [-0.39, 0.29) is 5.91 Å². The lowest BCUT2D eigenvalue weighted by atomic mass is 10.1. The van der Waals surface area contributed by atoms with Gasteiger partial charge in [0.2, 0.25) is 5.91 Å². The van der Waals surface area contributed by atoms with Crippen molar-refractivity contribution in [3.05, 3.63) is 35.9 Å². The summed E-state index contributed by atoms with van der Waals surface area (Å²) in [4.78, 5) is 14.2. The van der Waals surface area contributed by atoms with Crippen LogP contribution >= 0.6 is 0 Å². The highest BCUT2D eigenvalue weighted by Crippen LogP contribution is 2.08. The summed E-state index contributed by atoms with van der Waals surface area (Å²) in [5.41, 5.74) is 6.77. The first-order valence-corrected chi connectivity index (χ1v) is 6.99. The minimum Gasteiger partial charge on any atom is -0.353 e. The summed E-state index contributed by atoms with van der Waals surface area (Å²) in [6.45, 7) is 7.89. The highest BCUT2D eigenvalue weighted by atomic mass is 16.2. The minimum absolute atomic E-state index is 0.112. The molecule has 4 nitrogen and oxygen atoms in total. The van der Waals surface area contributed by atoms with Crippen molar-refractivity contribution in [1.82, 2.24) is 10.2 Å². The van der Waals surface area contributed by atoms with E-state index in [2.05, 4.69) is 24.1 Å². The molecule has 0 heterocycles. The Morgan fingerprint density at radius 2 is 1.95 bits per heavy atom. The van der Waals surface area contributed by atoms with Crippen LogP contribution in [0, 0.1) is 0 Å². The first-order chi connectivity index (χ1) is 9.19. The van der Waals surface area contributed by atoms with E-state index in [0.29, 0.717) is 6.54 Å². The Bertz CT molecular complexity index is 367. The molecular formula is C15H25N3O. The molecule has 1 rings (SSSR count). The third-order valence-electron chi connectivity index (χ3n) is 3.16. The summed E-state index contributed by atoms with van der Waals surface area (Å²) in [5, 5.41) is 2.90. The second-order valence-corrected chi connectivity index (χ2v) is 4.61. The van der Waals surface area contributed by atoms with E-state index in [0.717, 1.165) is 31.6 Å². The van der Waals surface area contributed by atoms with Crippen molar-refractivity contribution in [2.24, 2.45) is 5.73 Å². The van der Waals surface area contributed by atoms with E-state index in [9.17, 15) is 4.79 Å². The SMILES string of the molecule is CCCN(CC)CCNC(=O)[C@H](N)c1ccccc1. The average molecular weight is 263 g/mol. The number of likely N-dealkylation sites (N-methyl/N-ethyl adjacent to an activating group) is 1. The van der Waals surface area contributed by atoms with E-state index >= 15 is 0 Å². The number of nitrogens with one attached hydrogen (secondary N) is 1. The van der Waals surface area contributed by atoms with E-state index in [1.165, 1.54) is 0 Å². The van der Waals surface area contributed by atoms with E-state index < -0.39 is 6.04 Å². The molecule has 4 heteroatoms. The predicted molar refractivity (Wildman–Crippen MR) is 78.8 cm³/mol. The van der Waals surface area contributed by atoms with E-state index in [1.807, 2.05) is 30.3 Å². The summed E-state index contributed by atoms with van der Waals surface area (Å²) in [6, 6.07) is 8.87. The maximum atomic E-state index is 11.9. The van der Waals surface area contributed by atoms with Crippen molar-refractivity contribution < 1.29 is 4.79 Å². The van der Waals surface area contributed by atoms with Gasteiger partial charge in [-0.25, -0.2) is 0 Å². The fourth-order valence-corrected chi connectivity index (χ4v) is 2.00. The Kier molecular flexibility index (Phi) is 7.15. The molecule has 0 unspecified atom stereocenters. The molecule has 19 heavy (non-hydrogen) atoms. The van der Waals surface area contributed by atoms with Gasteiger partial charge in [-0.1, -0.05) is 44.2 Å². The summed E-state index contributed by atoms with van der Waals surface area (Å²) < 4.78 is 0. The van der Waals surface area contributed by atoms with E-state index in [4.69, 9.17) is 5.73 Å². The molecule has 106 valence electrons. The van der Waals surface area contributed by atoms with Gasteiger partial charge in [0, 0.05) is 13.1 Å². The highest BCUT2D eigenvalue weighted by Gasteiger charge is 2.14. The molecule has 0 spiro atoms. The molecule has 0 aliphatic heterocycles. The lowest BCUT2D eigenvalue weighted by Crippen LogP contribution is -2.39. The maximum absolute atomic E-state index is 11.9. The Balaban J connectivity index is 2.35. The second kappa shape index (κ2) is 8.67. The number of carbonyl (C=O) groups is 1. The van der Waals surface area contributed by atoms with Gasteiger partial charge in [-0.3, -0.25) is 4.79 Å². The van der Waals surface area contributed by atoms with Crippen LogP contribution in [0.1, 0.15) is 31.9 Å². The van der Waals surface area contributed by atoms with Crippen molar-refractivity contribution in [2.45, 2.75) is 26.3 Å². The quantitative estimate of drug-likeness (QED) is 0.748. The van der Waals surface area contributed by atoms with Crippen LogP contribution < -0.4 is 11.1 Å². The third kappa shape index (κ3) is 5.41. The summed E-state index contributed by atoms with van der Waals surface area (Å²) >= 11 is 0. The molecule has 0 bridgehead atoms. The molecule has 1 aromatic carbocycles. The van der Waals surface area contributed by atoms with Crippen LogP contribution in [0.25, 0.3) is 0 Å². The third-order valence-corrected chi connectivity index (χ3v) is 3.16. The normalized spacial score (nSPS) is 12.4. The molecule has 3 N–H and O–H groups in total. The highest BCUT2D eigenvalue weighted by molar-refractivity contribution is 5.82. The van der Waals surface area contributed by atoms with Crippen molar-refractivity contribution in [2.75, 3.05) is 26.2 Å². The smallest absolute Gasteiger partial charge is 0.241 e. The monoisotopic (exact) mass is 263 g/mol. The zero-order chi connectivity index (χ0) is 14.1. The number of nitrogens with two attached hydrogens (primary N) is 1. The minimum atomic E-state index is -0.581. The molecule has 0 fully saturated rings. The first-order valence-electron chi connectivity index (χ1n) is 6.99. The van der Waals surface area contributed by atoms with Gasteiger partial charge in [0.15, 0.2) is 0 Å². The van der Waals surface area contributed by atoms with Gasteiger partial charge in [0.25, 0.3) is 0 Å². The van der Waals surface area contributed by atoms with Gasteiger partial charge in [-0.2, -0.15) is 0 Å². The van der Waals surface area contributed by atoms with Crippen LogP contribution in [-0.2, 0) is 4.79 Å². The van der Waals surface area contributed by atoms with E-state index in [1.54, 1.807) is 0 Å². The Hall–Kier alpha value is -1.39. The summed E-state index contributed by atoms with van der Waals surface area (Å²) in [6.07, 6.45) is 1.13. The number of benzene rings is 1. The van der Waals surface area contributed by atoms with Gasteiger partial charge < -0.3 is 16.0 Å². The maximum Gasteiger partial charge on any atom is 0.241 e. The zero-order valence-electron chi connectivity index (χ0n) is 11.9. The molecule has 0 aliphatic rings. The van der Waals surface area contributed by atoms with Crippen molar-refractivity contribution in [3.63, 3.8) is 0 Å². The molecule has 1 atom stereocenters. The van der Waals surface area contributed by atoms with Crippen LogP contribution in [-0.4, -0.2) is 37.0 Å². The fourth-order valence-electron chi connectivity index (χ4n) is 2.00. The zero-order valence-corrected chi connectivity index (χ0v) is 11.9.